The predicted octanol–water partition coefficient (Wildman–Crippen LogP) is 13.2. The van der Waals surface area contributed by atoms with Crippen LogP contribution in [0.3, 0.4) is 0 Å². The first-order chi connectivity index (χ1) is 41.1. The second-order valence-electron chi connectivity index (χ2n) is 23.5. The van der Waals surface area contributed by atoms with Crippen molar-refractivity contribution in [3.8, 4) is 0 Å². The highest BCUT2D eigenvalue weighted by molar-refractivity contribution is 5.76. The van der Waals surface area contributed by atoms with Crippen LogP contribution in [0, 0.1) is 0 Å². The molecule has 2 saturated heterocycles. The quantitative estimate of drug-likeness (QED) is 0.0204. The zero-order chi connectivity index (χ0) is 60.9. The van der Waals surface area contributed by atoms with Crippen LogP contribution >= 0.6 is 0 Å². The molecule has 2 rings (SSSR count). The number of hydrogen-bond acceptors (Lipinski definition) is 13. The summed E-state index contributed by atoms with van der Waals surface area (Å²) < 4.78 is 22.8. The summed E-state index contributed by atoms with van der Waals surface area (Å²) in [5.41, 5.74) is 0. The summed E-state index contributed by atoms with van der Waals surface area (Å²) in [4.78, 5) is 13.3. The molecule has 14 nitrogen and oxygen atoms in total. The van der Waals surface area contributed by atoms with Crippen molar-refractivity contribution in [1.29, 1.82) is 0 Å². The van der Waals surface area contributed by atoms with E-state index in [1.165, 1.54) is 154 Å². The number of aliphatic hydroxyl groups is 8. The van der Waals surface area contributed by atoms with E-state index in [-0.39, 0.29) is 18.9 Å². The van der Waals surface area contributed by atoms with Gasteiger partial charge in [-0.1, -0.05) is 253 Å². The lowest BCUT2D eigenvalue weighted by Crippen LogP contribution is -2.65. The van der Waals surface area contributed by atoms with Crippen LogP contribution in [0.4, 0.5) is 0 Å². The maximum Gasteiger partial charge on any atom is 0.220 e. The van der Waals surface area contributed by atoms with Crippen molar-refractivity contribution in [3.63, 3.8) is 0 Å². The van der Waals surface area contributed by atoms with Gasteiger partial charge in [0.05, 0.1) is 32.0 Å². The van der Waals surface area contributed by atoms with Crippen LogP contribution in [-0.4, -0.2) is 140 Å². The van der Waals surface area contributed by atoms with Crippen LogP contribution in [-0.2, 0) is 23.7 Å². The number of aliphatic hydroxyl groups excluding tert-OH is 8. The molecule has 0 aromatic heterocycles. The monoisotopic (exact) mass is 1190 g/mol. The summed E-state index contributed by atoms with van der Waals surface area (Å²) in [5, 5.41) is 87.3. The van der Waals surface area contributed by atoms with Gasteiger partial charge >= 0.3 is 0 Å². The van der Waals surface area contributed by atoms with Gasteiger partial charge in [0, 0.05) is 6.42 Å². The zero-order valence-corrected chi connectivity index (χ0v) is 52.6. The molecule has 1 amide bonds. The molecule has 2 heterocycles. The molecule has 2 aliphatic rings. The van der Waals surface area contributed by atoms with E-state index in [0.29, 0.717) is 12.8 Å². The van der Waals surface area contributed by atoms with Gasteiger partial charge in [0.25, 0.3) is 0 Å². The number of amides is 1. The van der Waals surface area contributed by atoms with Crippen LogP contribution in [0.1, 0.15) is 258 Å². The maximum absolute atomic E-state index is 13.3. The summed E-state index contributed by atoms with van der Waals surface area (Å²) in [5.74, 6) is -0.253. The Morgan fingerprint density at radius 1 is 0.440 bits per heavy atom. The van der Waals surface area contributed by atoms with E-state index in [1.807, 2.05) is 6.08 Å². The standard InChI is InChI=1S/C70H123NO13/c1-3-5-7-9-11-13-15-17-19-21-23-24-25-26-27-28-29-30-31-32-33-34-36-38-40-42-44-46-48-50-52-54-62(75)71-58(59(74)53-51-49-47-45-43-41-39-37-35-22-20-18-16-14-12-10-8-6-4-2)57-81-69-67(80)65(78)68(61(56-73)83-69)84-70-66(79)64(77)63(76)60(55-72)82-70/h5,7,11,13,17,19,23-24,35,37,43,45,51,53,58-61,63-70,72-74,76-80H,3-4,6,8-10,12,14-16,18,20-22,25-34,36,38-42,44,46-50,52,54-57H2,1-2H3,(H,71,75)/b7-5-,13-11-,19-17-,24-23-,37-35+,45-43+,53-51+. The van der Waals surface area contributed by atoms with E-state index < -0.39 is 86.8 Å². The van der Waals surface area contributed by atoms with Crippen LogP contribution in [0.25, 0.3) is 0 Å². The number of ether oxygens (including phenoxy) is 4. The first-order valence-electron chi connectivity index (χ1n) is 33.8. The van der Waals surface area contributed by atoms with Gasteiger partial charge in [-0.25, -0.2) is 0 Å². The second kappa shape index (κ2) is 54.3. The van der Waals surface area contributed by atoms with Gasteiger partial charge in [-0.15, -0.1) is 0 Å². The fraction of sp³-hybridized carbons (Fsp3) is 0.786. The Hall–Kier alpha value is -2.83. The van der Waals surface area contributed by atoms with E-state index >= 15 is 0 Å². The minimum Gasteiger partial charge on any atom is -0.394 e. The van der Waals surface area contributed by atoms with Crippen molar-refractivity contribution in [2.75, 3.05) is 19.8 Å². The van der Waals surface area contributed by atoms with Crippen molar-refractivity contribution in [3.05, 3.63) is 85.1 Å². The molecule has 2 fully saturated rings. The maximum atomic E-state index is 13.3. The van der Waals surface area contributed by atoms with Gasteiger partial charge in [0.1, 0.15) is 48.8 Å². The minimum atomic E-state index is -1.80. The summed E-state index contributed by atoms with van der Waals surface area (Å²) in [6, 6.07) is -0.941. The zero-order valence-electron chi connectivity index (χ0n) is 52.6. The SMILES string of the molecule is CC/C=C\C/C=C\C/C=C\C/C=C\CCCCCCCCCCCCCCCCCCCCC(=O)NC(COC1OC(CO)C(OC2OC(CO)C(O)C(O)C2O)C(O)C1O)C(O)/C=C/CC/C=C/CC/C=C/CCCCCCCCCCC. The molecule has 0 aliphatic carbocycles. The molecule has 0 radical (unpaired) electrons. The Morgan fingerprint density at radius 3 is 1.31 bits per heavy atom. The molecule has 12 unspecified atom stereocenters. The van der Waals surface area contributed by atoms with Gasteiger partial charge in [-0.05, 0) is 83.5 Å². The topological polar surface area (TPSA) is 228 Å². The summed E-state index contributed by atoms with van der Waals surface area (Å²) in [7, 11) is 0. The van der Waals surface area contributed by atoms with Crippen LogP contribution in [0.2, 0.25) is 0 Å². The van der Waals surface area contributed by atoms with E-state index in [2.05, 4.69) is 92.1 Å². The lowest BCUT2D eigenvalue weighted by molar-refractivity contribution is -0.359. The highest BCUT2D eigenvalue weighted by Crippen LogP contribution is 2.30. The largest absolute Gasteiger partial charge is 0.394 e. The molecule has 9 N–H and O–H groups in total. The predicted molar refractivity (Wildman–Crippen MR) is 341 cm³/mol. The number of allylic oxidation sites excluding steroid dienone is 13. The molecule has 0 saturated carbocycles. The highest BCUT2D eigenvalue weighted by atomic mass is 16.7. The minimum absolute atomic E-state index is 0.253. The third-order valence-corrected chi connectivity index (χ3v) is 16.0. The molecule has 14 heteroatoms. The molecule has 12 atom stereocenters. The van der Waals surface area contributed by atoms with Gasteiger partial charge in [0.2, 0.25) is 5.91 Å². The smallest absolute Gasteiger partial charge is 0.220 e. The highest BCUT2D eigenvalue weighted by Gasteiger charge is 2.51. The average Bonchev–Trinajstić information content (AvgIpc) is 3.18. The molecule has 0 aromatic carbocycles. The Balaban J connectivity index is 1.68. The molecule has 486 valence electrons. The molecular formula is C70H123NO13. The lowest BCUT2D eigenvalue weighted by Gasteiger charge is -2.46. The number of carbonyl (C=O) groups excluding carboxylic acids is 1. The lowest BCUT2D eigenvalue weighted by atomic mass is 9.97. The Kier molecular flexibility index (Phi) is 50.0. The van der Waals surface area contributed by atoms with Crippen LogP contribution in [0.5, 0.6) is 0 Å². The van der Waals surface area contributed by atoms with E-state index in [9.17, 15) is 45.6 Å². The van der Waals surface area contributed by atoms with Crippen LogP contribution < -0.4 is 5.32 Å². The third-order valence-electron chi connectivity index (χ3n) is 16.0. The van der Waals surface area contributed by atoms with E-state index in [4.69, 9.17) is 18.9 Å². The van der Waals surface area contributed by atoms with Gasteiger partial charge in [0.15, 0.2) is 12.6 Å². The van der Waals surface area contributed by atoms with Crippen molar-refractivity contribution in [2.45, 2.75) is 331 Å². The second-order valence-corrected chi connectivity index (χ2v) is 23.5. The number of unbranched alkanes of at least 4 members (excludes halogenated alkanes) is 29. The molecule has 0 aromatic rings. The normalized spacial score (nSPS) is 24.2. The van der Waals surface area contributed by atoms with Crippen molar-refractivity contribution >= 4 is 5.91 Å². The summed E-state index contributed by atoms with van der Waals surface area (Å²) in [6.45, 7) is 2.67. The van der Waals surface area contributed by atoms with Crippen molar-refractivity contribution in [2.24, 2.45) is 0 Å². The molecule has 84 heavy (non-hydrogen) atoms. The number of hydrogen-bond donors (Lipinski definition) is 9. The van der Waals surface area contributed by atoms with E-state index in [1.54, 1.807) is 6.08 Å². The Bertz CT molecular complexity index is 1730. The molecule has 2 aliphatic heterocycles. The van der Waals surface area contributed by atoms with Crippen molar-refractivity contribution in [1.82, 2.24) is 5.32 Å². The molecular weight excluding hydrogens is 1060 g/mol. The number of nitrogens with one attached hydrogen (secondary N) is 1. The third kappa shape index (κ3) is 38.4. The first-order valence-corrected chi connectivity index (χ1v) is 33.8. The number of carbonyl (C=O) groups is 1. The summed E-state index contributed by atoms with van der Waals surface area (Å²) in [6.07, 6.45) is 57.8. The molecule has 0 bridgehead atoms. The van der Waals surface area contributed by atoms with Crippen molar-refractivity contribution < 1.29 is 64.6 Å². The van der Waals surface area contributed by atoms with Gasteiger partial charge in [-0.3, -0.25) is 4.79 Å². The Morgan fingerprint density at radius 2 is 0.833 bits per heavy atom. The Labute approximate surface area is 510 Å². The average molecular weight is 1190 g/mol. The molecule has 0 spiro atoms. The summed E-state index contributed by atoms with van der Waals surface area (Å²) >= 11 is 0. The van der Waals surface area contributed by atoms with Gasteiger partial charge in [-0.2, -0.15) is 0 Å². The number of rotatable bonds is 54. The first kappa shape index (κ1) is 77.3. The van der Waals surface area contributed by atoms with Gasteiger partial charge < -0.3 is 65.1 Å². The van der Waals surface area contributed by atoms with Crippen LogP contribution in [0.15, 0.2) is 85.1 Å². The fourth-order valence-electron chi connectivity index (χ4n) is 10.7. The fourth-order valence-corrected chi connectivity index (χ4v) is 10.7. The van der Waals surface area contributed by atoms with E-state index in [0.717, 1.165) is 70.6 Å².